The number of carbonyl (C=O) groups is 2. The second-order valence-corrected chi connectivity index (χ2v) is 4.31. The number of aromatic carboxylic acids is 1. The van der Waals surface area contributed by atoms with Crippen molar-refractivity contribution in [3.8, 4) is 5.75 Å². The Morgan fingerprint density at radius 3 is 2.09 bits per heavy atom. The summed E-state index contributed by atoms with van der Waals surface area (Å²) in [6.45, 7) is 0. The largest absolute Gasteiger partial charge is 0.495 e. The molecular formula is C16H18N2O5. The predicted molar refractivity (Wildman–Crippen MR) is 86.6 cm³/mol. The summed E-state index contributed by atoms with van der Waals surface area (Å²) in [5, 5.41) is 8.65. The van der Waals surface area contributed by atoms with Crippen LogP contribution >= 0.6 is 0 Å². The van der Waals surface area contributed by atoms with Gasteiger partial charge in [0.25, 0.3) is 0 Å². The van der Waals surface area contributed by atoms with Gasteiger partial charge in [-0.3, -0.25) is 0 Å². The van der Waals surface area contributed by atoms with Gasteiger partial charge < -0.3 is 26.0 Å². The van der Waals surface area contributed by atoms with E-state index in [2.05, 4.69) is 4.74 Å². The molecule has 2 aromatic carbocycles. The summed E-state index contributed by atoms with van der Waals surface area (Å²) in [7, 11) is 2.77. The Morgan fingerprint density at radius 2 is 1.57 bits per heavy atom. The zero-order chi connectivity index (χ0) is 17.4. The second-order valence-electron chi connectivity index (χ2n) is 4.31. The van der Waals surface area contributed by atoms with Gasteiger partial charge in [0.2, 0.25) is 0 Å². The van der Waals surface area contributed by atoms with Crippen molar-refractivity contribution in [2.45, 2.75) is 0 Å². The van der Waals surface area contributed by atoms with Crippen LogP contribution in [0.3, 0.4) is 0 Å². The molecule has 0 aliphatic heterocycles. The first kappa shape index (κ1) is 17.8. The summed E-state index contributed by atoms with van der Waals surface area (Å²) < 4.78 is 9.35. The van der Waals surface area contributed by atoms with Crippen LogP contribution in [0.5, 0.6) is 5.75 Å². The van der Waals surface area contributed by atoms with Crippen molar-refractivity contribution in [2.24, 2.45) is 0 Å². The van der Waals surface area contributed by atoms with Crippen molar-refractivity contribution in [2.75, 3.05) is 25.7 Å². The fourth-order valence-corrected chi connectivity index (χ4v) is 1.70. The highest BCUT2D eigenvalue weighted by Crippen LogP contribution is 2.24. The molecule has 0 radical (unpaired) electrons. The van der Waals surface area contributed by atoms with Gasteiger partial charge >= 0.3 is 11.9 Å². The van der Waals surface area contributed by atoms with Crippen molar-refractivity contribution in [1.29, 1.82) is 0 Å². The number of para-hydroxylation sites is 2. The van der Waals surface area contributed by atoms with Crippen molar-refractivity contribution in [1.82, 2.24) is 0 Å². The topological polar surface area (TPSA) is 125 Å². The number of anilines is 2. The van der Waals surface area contributed by atoms with Gasteiger partial charge in [0.05, 0.1) is 31.0 Å². The van der Waals surface area contributed by atoms with Gasteiger partial charge in [0.15, 0.2) is 0 Å². The molecule has 23 heavy (non-hydrogen) atoms. The van der Waals surface area contributed by atoms with E-state index >= 15 is 0 Å². The molecule has 0 atom stereocenters. The van der Waals surface area contributed by atoms with E-state index in [4.69, 9.17) is 21.3 Å². The molecule has 0 bridgehead atoms. The highest BCUT2D eigenvalue weighted by molar-refractivity contribution is 5.95. The summed E-state index contributed by atoms with van der Waals surface area (Å²) in [6, 6.07) is 11.4. The third-order valence-electron chi connectivity index (χ3n) is 2.88. The molecule has 0 fully saturated rings. The smallest absolute Gasteiger partial charge is 0.339 e. The third-order valence-corrected chi connectivity index (χ3v) is 2.88. The SMILES string of the molecule is COC(=O)c1ccccc1N.COc1cccc(C(=O)O)c1N. The van der Waals surface area contributed by atoms with Crippen LogP contribution in [0.4, 0.5) is 11.4 Å². The van der Waals surface area contributed by atoms with Gasteiger partial charge in [-0.1, -0.05) is 18.2 Å². The molecule has 0 amide bonds. The molecule has 7 heteroatoms. The number of hydrogen-bond acceptors (Lipinski definition) is 6. The van der Waals surface area contributed by atoms with E-state index in [1.807, 2.05) is 0 Å². The quantitative estimate of drug-likeness (QED) is 0.584. The van der Waals surface area contributed by atoms with Crippen molar-refractivity contribution in [3.05, 3.63) is 53.6 Å². The standard InChI is InChI=1S/C8H9NO3.C8H9NO2/c1-12-6-4-2-3-5(7(6)9)8(10)11;1-11-8(10)6-4-2-3-5-7(6)9/h2-4H,9H2,1H3,(H,10,11);2-5H,9H2,1H3. The Morgan fingerprint density at radius 1 is 0.957 bits per heavy atom. The Kier molecular flexibility index (Phi) is 6.42. The zero-order valence-electron chi connectivity index (χ0n) is 12.8. The maximum atomic E-state index is 10.9. The maximum absolute atomic E-state index is 10.9. The molecule has 0 saturated heterocycles. The van der Waals surface area contributed by atoms with Crippen LogP contribution in [0, 0.1) is 0 Å². The lowest BCUT2D eigenvalue weighted by Crippen LogP contribution is -2.04. The number of nitrogen functional groups attached to an aromatic ring is 2. The Balaban J connectivity index is 0.000000231. The minimum absolute atomic E-state index is 0.0642. The van der Waals surface area contributed by atoms with Crippen molar-refractivity contribution >= 4 is 23.3 Å². The third kappa shape index (κ3) is 4.63. The molecule has 0 unspecified atom stereocenters. The van der Waals surface area contributed by atoms with Gasteiger partial charge in [-0.2, -0.15) is 0 Å². The summed E-state index contributed by atoms with van der Waals surface area (Å²) in [6.07, 6.45) is 0. The molecule has 0 aromatic heterocycles. The second kappa shape index (κ2) is 8.28. The number of carboxylic acids is 1. The van der Waals surface area contributed by atoms with Gasteiger partial charge in [0, 0.05) is 5.69 Å². The lowest BCUT2D eigenvalue weighted by molar-refractivity contribution is 0.0601. The molecule has 0 aliphatic rings. The van der Waals surface area contributed by atoms with Gasteiger partial charge in [-0.15, -0.1) is 0 Å². The summed E-state index contributed by atoms with van der Waals surface area (Å²) in [4.78, 5) is 21.5. The minimum atomic E-state index is -1.05. The van der Waals surface area contributed by atoms with Crippen LogP contribution in [0.15, 0.2) is 42.5 Å². The lowest BCUT2D eigenvalue weighted by Gasteiger charge is -2.05. The monoisotopic (exact) mass is 318 g/mol. The first-order chi connectivity index (χ1) is 10.9. The first-order valence-corrected chi connectivity index (χ1v) is 6.51. The van der Waals surface area contributed by atoms with Crippen LogP contribution in [0.25, 0.3) is 0 Å². The van der Waals surface area contributed by atoms with Crippen LogP contribution in [-0.4, -0.2) is 31.3 Å². The average Bonchev–Trinajstić information content (AvgIpc) is 2.55. The fraction of sp³-hybridized carbons (Fsp3) is 0.125. The van der Waals surface area contributed by atoms with Crippen molar-refractivity contribution < 1.29 is 24.2 Å². The number of hydrogen-bond donors (Lipinski definition) is 3. The molecule has 122 valence electrons. The normalized spacial score (nSPS) is 9.30. The molecule has 5 N–H and O–H groups in total. The summed E-state index contributed by atoms with van der Waals surface area (Å²) >= 11 is 0. The van der Waals surface area contributed by atoms with E-state index in [1.54, 1.807) is 36.4 Å². The highest BCUT2D eigenvalue weighted by Gasteiger charge is 2.10. The van der Waals surface area contributed by atoms with Gasteiger partial charge in [0.1, 0.15) is 5.75 Å². The number of benzene rings is 2. The average molecular weight is 318 g/mol. The number of carbonyl (C=O) groups excluding carboxylic acids is 1. The number of rotatable bonds is 3. The van der Waals surface area contributed by atoms with E-state index in [9.17, 15) is 9.59 Å². The van der Waals surface area contributed by atoms with Crippen LogP contribution in [0.1, 0.15) is 20.7 Å². The number of nitrogens with two attached hydrogens (primary N) is 2. The first-order valence-electron chi connectivity index (χ1n) is 6.51. The fourth-order valence-electron chi connectivity index (χ4n) is 1.70. The number of methoxy groups -OCH3 is 2. The molecule has 0 spiro atoms. The van der Waals surface area contributed by atoms with Crippen LogP contribution in [0.2, 0.25) is 0 Å². The number of ether oxygens (including phenoxy) is 2. The zero-order valence-corrected chi connectivity index (χ0v) is 12.8. The predicted octanol–water partition coefficient (Wildman–Crippen LogP) is 2.03. The minimum Gasteiger partial charge on any atom is -0.495 e. The van der Waals surface area contributed by atoms with E-state index < -0.39 is 11.9 Å². The number of esters is 1. The summed E-state index contributed by atoms with van der Waals surface area (Å²) in [5.74, 6) is -1.07. The maximum Gasteiger partial charge on any atom is 0.339 e. The van der Waals surface area contributed by atoms with Crippen molar-refractivity contribution in [3.63, 3.8) is 0 Å². The Bertz CT molecular complexity index is 701. The number of carboxylic acid groups (broad SMARTS) is 1. The van der Waals surface area contributed by atoms with Crippen LogP contribution in [-0.2, 0) is 4.74 Å². The molecule has 0 saturated carbocycles. The summed E-state index contributed by atoms with van der Waals surface area (Å²) in [5.41, 5.74) is 12.1. The molecule has 2 aromatic rings. The van der Waals surface area contributed by atoms with E-state index in [0.717, 1.165) is 0 Å². The van der Waals surface area contributed by atoms with E-state index in [1.165, 1.54) is 20.3 Å². The van der Waals surface area contributed by atoms with E-state index in [0.29, 0.717) is 17.0 Å². The van der Waals surface area contributed by atoms with Gasteiger partial charge in [-0.25, -0.2) is 9.59 Å². The molecule has 0 heterocycles. The van der Waals surface area contributed by atoms with Gasteiger partial charge in [-0.05, 0) is 24.3 Å². The lowest BCUT2D eigenvalue weighted by atomic mass is 10.2. The molecule has 7 nitrogen and oxygen atoms in total. The van der Waals surface area contributed by atoms with Crippen LogP contribution < -0.4 is 16.2 Å². The Labute approximate surface area is 133 Å². The highest BCUT2D eigenvalue weighted by atomic mass is 16.5. The molecule has 0 aliphatic carbocycles. The molecular weight excluding hydrogens is 300 g/mol. The Hall–Kier alpha value is -3.22. The van der Waals surface area contributed by atoms with E-state index in [-0.39, 0.29) is 11.3 Å². The molecule has 2 rings (SSSR count).